The van der Waals surface area contributed by atoms with Crippen molar-refractivity contribution < 1.29 is 14.7 Å². The van der Waals surface area contributed by atoms with Crippen LogP contribution in [0, 0.1) is 30.1 Å². The molecule has 5 aliphatic rings. The number of guanidine groups is 1. The lowest BCUT2D eigenvalue weighted by atomic mass is 9.45. The maximum atomic E-state index is 13.7. The molecule has 2 aliphatic heterocycles. The molecule has 6 atom stereocenters. The second-order valence-corrected chi connectivity index (χ2v) is 14.6. The molecule has 0 spiro atoms. The largest absolute Gasteiger partial charge is 0.394 e. The average Bonchev–Trinajstić information content (AvgIpc) is 2.99. The highest BCUT2D eigenvalue weighted by Gasteiger charge is 2.56. The Labute approximate surface area is 266 Å². The van der Waals surface area contributed by atoms with Crippen LogP contribution in [0.4, 0.5) is 5.69 Å². The van der Waals surface area contributed by atoms with E-state index in [2.05, 4.69) is 43.2 Å². The molecule has 4 fully saturated rings. The molecule has 0 aromatic heterocycles. The molecule has 0 unspecified atom stereocenters. The number of nitrogens with zero attached hydrogens (tertiary/aromatic N) is 3. The van der Waals surface area contributed by atoms with Crippen molar-refractivity contribution in [1.82, 2.24) is 15.1 Å². The van der Waals surface area contributed by atoms with E-state index < -0.39 is 6.04 Å². The predicted molar refractivity (Wildman–Crippen MR) is 176 cm³/mol. The third-order valence-electron chi connectivity index (χ3n) is 11.0. The van der Waals surface area contributed by atoms with Gasteiger partial charge in [-0.05, 0) is 91.7 Å². The van der Waals surface area contributed by atoms with Crippen LogP contribution in [0.3, 0.4) is 0 Å². The van der Waals surface area contributed by atoms with Crippen LogP contribution in [0.5, 0.6) is 0 Å². The summed E-state index contributed by atoms with van der Waals surface area (Å²) in [5.41, 5.74) is 3.78. The summed E-state index contributed by atoms with van der Waals surface area (Å²) in [4.78, 5) is 36.3. The number of aliphatic imine (C=N–C) groups is 1. The molecule has 1 amide bonds. The Kier molecular flexibility index (Phi) is 8.54. The van der Waals surface area contributed by atoms with E-state index in [4.69, 9.17) is 16.6 Å². The summed E-state index contributed by atoms with van der Waals surface area (Å²) in [6.07, 6.45) is 2.77. The number of piperazine rings is 1. The molecule has 3 aliphatic carbocycles. The maximum Gasteiger partial charge on any atom is 0.255 e. The van der Waals surface area contributed by atoms with Crippen LogP contribution in [0.1, 0.15) is 72.4 Å². The predicted octanol–water partition coefficient (Wildman–Crippen LogP) is 5.02. The first-order chi connectivity index (χ1) is 21.0. The molecule has 2 aromatic rings. The molecule has 236 valence electrons. The fourth-order valence-electron chi connectivity index (χ4n) is 8.04. The number of rotatable bonds is 6. The summed E-state index contributed by atoms with van der Waals surface area (Å²) in [5, 5.41) is 17.9. The fourth-order valence-corrected chi connectivity index (χ4v) is 8.35. The second kappa shape index (κ2) is 12.1. The standard InChI is InChI=1S/C35H46ClN5O3/c1-20-6-7-23(30(36)12-20)13-26(19-42)41-18-32(43)28-16-25(8-9-27(28)33(41)44)38-34(40-11-10-37-21(2)17-40)39-31-15-24-14-29(22(31)3)35(24,4)5/h6-9,12,16,21-22,24,26,29,31,37,42H,10-11,13-15,17-19H2,1-5H3,(H,38,39)/t21-,22-,24+,26-,29-,31-/m0/s1. The van der Waals surface area contributed by atoms with Crippen LogP contribution >= 0.6 is 11.6 Å². The highest BCUT2D eigenvalue weighted by molar-refractivity contribution is 6.31. The zero-order valence-electron chi connectivity index (χ0n) is 26.6. The molecule has 9 heteroatoms. The number of aryl methyl sites for hydroxylation is 1. The number of amides is 1. The number of nitrogens with one attached hydrogen (secondary N) is 2. The first kappa shape index (κ1) is 31.1. The lowest BCUT2D eigenvalue weighted by Crippen LogP contribution is -2.57. The summed E-state index contributed by atoms with van der Waals surface area (Å²) in [6, 6.07) is 11.2. The molecule has 2 aromatic carbocycles. The summed E-state index contributed by atoms with van der Waals surface area (Å²) in [6.45, 7) is 13.5. The first-order valence-corrected chi connectivity index (χ1v) is 16.5. The van der Waals surface area contributed by atoms with Gasteiger partial charge in [0.15, 0.2) is 11.7 Å². The summed E-state index contributed by atoms with van der Waals surface area (Å²) in [7, 11) is 0. The van der Waals surface area contributed by atoms with Gasteiger partial charge in [0, 0.05) is 41.9 Å². The zero-order valence-corrected chi connectivity index (χ0v) is 27.3. The topological polar surface area (TPSA) is 97.3 Å². The monoisotopic (exact) mass is 619 g/mol. The SMILES string of the molecule is Cc1ccc(C[C@@H](CO)N2CC(=O)c3cc(NC(=N[C@H]4C[C@H]5C[C@@H]([C@@H]4C)C5(C)C)N4CCN[C@@H](C)C4)ccc3C2=O)c(Cl)c1. The molecule has 2 heterocycles. The van der Waals surface area contributed by atoms with Crippen molar-refractivity contribution in [2.45, 2.75) is 72.0 Å². The van der Waals surface area contributed by atoms with Crippen LogP contribution in [0.15, 0.2) is 41.4 Å². The average molecular weight is 620 g/mol. The zero-order chi connectivity index (χ0) is 31.3. The normalized spacial score (nSPS) is 28.8. The van der Waals surface area contributed by atoms with E-state index in [0.717, 1.165) is 48.8 Å². The molecule has 8 nitrogen and oxygen atoms in total. The number of benzene rings is 2. The van der Waals surface area contributed by atoms with Crippen LogP contribution in [-0.4, -0.2) is 83.5 Å². The Bertz CT molecular complexity index is 1470. The van der Waals surface area contributed by atoms with E-state index in [1.807, 2.05) is 31.2 Å². The van der Waals surface area contributed by atoms with Crippen molar-refractivity contribution in [3.05, 3.63) is 63.7 Å². The number of carbonyl (C=O) groups is 2. The van der Waals surface area contributed by atoms with E-state index in [0.29, 0.717) is 51.8 Å². The molecular formula is C35H46ClN5O3. The van der Waals surface area contributed by atoms with E-state index >= 15 is 0 Å². The van der Waals surface area contributed by atoms with Gasteiger partial charge in [0.05, 0.1) is 30.8 Å². The quantitative estimate of drug-likeness (QED) is 0.310. The minimum absolute atomic E-state index is 0.0849. The fraction of sp³-hybridized carbons (Fsp3) is 0.571. The molecular weight excluding hydrogens is 574 g/mol. The number of anilines is 1. The maximum absolute atomic E-state index is 13.7. The molecule has 44 heavy (non-hydrogen) atoms. The number of aliphatic hydroxyl groups excluding tert-OH is 1. The smallest absolute Gasteiger partial charge is 0.255 e. The van der Waals surface area contributed by atoms with Crippen molar-refractivity contribution in [1.29, 1.82) is 0 Å². The summed E-state index contributed by atoms with van der Waals surface area (Å²) < 4.78 is 0. The molecule has 2 bridgehead atoms. The van der Waals surface area contributed by atoms with Crippen molar-refractivity contribution in [3.63, 3.8) is 0 Å². The lowest BCUT2D eigenvalue weighted by molar-refractivity contribution is -0.108. The van der Waals surface area contributed by atoms with Gasteiger partial charge in [0.2, 0.25) is 0 Å². The molecule has 1 saturated heterocycles. The highest BCUT2D eigenvalue weighted by atomic mass is 35.5. The van der Waals surface area contributed by atoms with Gasteiger partial charge in [-0.2, -0.15) is 0 Å². The van der Waals surface area contributed by atoms with Gasteiger partial charge in [-0.1, -0.05) is 44.5 Å². The molecule has 0 radical (unpaired) electrons. The van der Waals surface area contributed by atoms with E-state index in [1.165, 1.54) is 11.3 Å². The molecule has 7 rings (SSSR count). The van der Waals surface area contributed by atoms with E-state index in [9.17, 15) is 14.7 Å². The van der Waals surface area contributed by atoms with Crippen molar-refractivity contribution in [2.24, 2.45) is 28.2 Å². The van der Waals surface area contributed by atoms with Gasteiger partial charge < -0.3 is 25.5 Å². The number of carbonyl (C=O) groups excluding carboxylic acids is 2. The van der Waals surface area contributed by atoms with Gasteiger partial charge in [-0.3, -0.25) is 9.59 Å². The number of ketones is 1. The molecule has 3 N–H and O–H groups in total. The third-order valence-corrected chi connectivity index (χ3v) is 11.3. The minimum Gasteiger partial charge on any atom is -0.394 e. The Morgan fingerprint density at radius 1 is 1.16 bits per heavy atom. The second-order valence-electron chi connectivity index (χ2n) is 14.2. The number of aliphatic hydroxyl groups is 1. The van der Waals surface area contributed by atoms with Crippen molar-refractivity contribution in [3.8, 4) is 0 Å². The highest BCUT2D eigenvalue weighted by Crippen LogP contribution is 2.61. The van der Waals surface area contributed by atoms with Crippen LogP contribution in [0.25, 0.3) is 0 Å². The Morgan fingerprint density at radius 3 is 2.64 bits per heavy atom. The number of halogens is 1. The summed E-state index contributed by atoms with van der Waals surface area (Å²) in [5.74, 6) is 2.36. The van der Waals surface area contributed by atoms with Gasteiger partial charge >= 0.3 is 0 Å². The Balaban J connectivity index is 1.24. The van der Waals surface area contributed by atoms with Crippen LogP contribution in [-0.2, 0) is 6.42 Å². The third kappa shape index (κ3) is 5.77. The van der Waals surface area contributed by atoms with Crippen LogP contribution in [0.2, 0.25) is 5.02 Å². The van der Waals surface area contributed by atoms with Gasteiger partial charge in [-0.25, -0.2) is 4.99 Å². The van der Waals surface area contributed by atoms with E-state index in [-0.39, 0.29) is 30.9 Å². The Morgan fingerprint density at radius 2 is 1.95 bits per heavy atom. The van der Waals surface area contributed by atoms with Gasteiger partial charge in [0.1, 0.15) is 0 Å². The number of fused-ring (bicyclic) bond motifs is 3. The minimum atomic E-state index is -0.556. The van der Waals surface area contributed by atoms with Gasteiger partial charge in [0.25, 0.3) is 5.91 Å². The van der Waals surface area contributed by atoms with Crippen molar-refractivity contribution in [2.75, 3.05) is 38.1 Å². The number of hydrogen-bond acceptors (Lipinski definition) is 5. The van der Waals surface area contributed by atoms with Crippen LogP contribution < -0.4 is 10.6 Å². The Hall–Kier alpha value is -2.94. The lowest BCUT2D eigenvalue weighted by Gasteiger charge is -2.61. The molecule has 3 saturated carbocycles. The van der Waals surface area contributed by atoms with E-state index in [1.54, 1.807) is 12.1 Å². The first-order valence-electron chi connectivity index (χ1n) is 16.1. The summed E-state index contributed by atoms with van der Waals surface area (Å²) >= 11 is 6.45. The number of Topliss-reactive ketones (excluding diaryl/α,β-unsaturated/α-hetero) is 1. The van der Waals surface area contributed by atoms with Crippen molar-refractivity contribution >= 4 is 34.9 Å². The van der Waals surface area contributed by atoms with Gasteiger partial charge in [-0.15, -0.1) is 0 Å². The number of hydrogen-bond donors (Lipinski definition) is 3.